The van der Waals surface area contributed by atoms with E-state index in [1.54, 1.807) is 0 Å². The Kier molecular flexibility index (Phi) is 7.11. The average molecular weight is 290 g/mol. The zero-order valence-electron chi connectivity index (χ0n) is 12.2. The Labute approximate surface area is 123 Å². The van der Waals surface area contributed by atoms with Crippen molar-refractivity contribution in [2.24, 2.45) is 5.92 Å². The predicted molar refractivity (Wildman–Crippen MR) is 80.7 cm³/mol. The highest BCUT2D eigenvalue weighted by Crippen LogP contribution is 2.17. The predicted octanol–water partition coefficient (Wildman–Crippen LogP) is 1.35. The molecule has 0 aromatic carbocycles. The van der Waals surface area contributed by atoms with E-state index in [9.17, 15) is 4.79 Å². The number of nitrogens with one attached hydrogen (secondary N) is 1. The van der Waals surface area contributed by atoms with Gasteiger partial charge in [0.15, 0.2) is 0 Å². The van der Waals surface area contributed by atoms with Crippen LogP contribution in [0.5, 0.6) is 0 Å². The van der Waals surface area contributed by atoms with Crippen LogP contribution in [0, 0.1) is 5.92 Å². The molecule has 19 heavy (non-hydrogen) atoms. The van der Waals surface area contributed by atoms with Gasteiger partial charge in [0, 0.05) is 19.1 Å². The van der Waals surface area contributed by atoms with E-state index in [0.29, 0.717) is 18.5 Å². The number of amides is 1. The molecule has 1 amide bonds. The van der Waals surface area contributed by atoms with Crippen LogP contribution in [0.4, 0.5) is 0 Å². The summed E-state index contributed by atoms with van der Waals surface area (Å²) in [6, 6.07) is 0.582. The number of rotatable bonds is 3. The minimum Gasteiger partial charge on any atom is -0.342 e. The second kappa shape index (κ2) is 8.08. The van der Waals surface area contributed by atoms with Gasteiger partial charge in [-0.15, -0.1) is 12.4 Å². The fourth-order valence-corrected chi connectivity index (χ4v) is 2.95. The number of nitrogens with zero attached hydrogens (tertiary/aromatic N) is 2. The number of hydrogen-bond acceptors (Lipinski definition) is 3. The average Bonchev–Trinajstić information content (AvgIpc) is 2.40. The van der Waals surface area contributed by atoms with Crippen molar-refractivity contribution < 1.29 is 4.79 Å². The second-order valence-corrected chi connectivity index (χ2v) is 5.96. The molecular formula is C14H28ClN3O. The molecule has 1 N–H and O–H groups in total. The summed E-state index contributed by atoms with van der Waals surface area (Å²) in [7, 11) is 2.10. The van der Waals surface area contributed by atoms with Gasteiger partial charge in [-0.1, -0.05) is 6.92 Å². The molecule has 0 bridgehead atoms. The molecule has 2 aliphatic heterocycles. The number of likely N-dealkylation sites (N-methyl/N-ethyl adjacent to an activating group) is 1. The van der Waals surface area contributed by atoms with Crippen LogP contribution in [-0.2, 0) is 4.79 Å². The van der Waals surface area contributed by atoms with Crippen molar-refractivity contribution in [2.45, 2.75) is 38.6 Å². The summed E-state index contributed by atoms with van der Waals surface area (Å²) in [6.45, 7) is 6.97. The first-order chi connectivity index (χ1) is 8.66. The maximum Gasteiger partial charge on any atom is 0.236 e. The molecule has 0 radical (unpaired) electrons. The van der Waals surface area contributed by atoms with Crippen LogP contribution in [0.1, 0.15) is 32.6 Å². The quantitative estimate of drug-likeness (QED) is 0.852. The van der Waals surface area contributed by atoms with E-state index >= 15 is 0 Å². The molecule has 2 aliphatic rings. The van der Waals surface area contributed by atoms with Gasteiger partial charge in [-0.2, -0.15) is 0 Å². The molecular weight excluding hydrogens is 262 g/mol. The maximum atomic E-state index is 12.2. The molecule has 2 rings (SSSR count). The Hall–Kier alpha value is -0.320. The smallest absolute Gasteiger partial charge is 0.236 e. The first kappa shape index (κ1) is 16.7. The molecule has 0 saturated carbocycles. The van der Waals surface area contributed by atoms with E-state index in [-0.39, 0.29) is 12.4 Å². The molecule has 0 aromatic heterocycles. The Morgan fingerprint density at radius 2 is 1.79 bits per heavy atom. The van der Waals surface area contributed by atoms with Gasteiger partial charge in [0.2, 0.25) is 5.91 Å². The van der Waals surface area contributed by atoms with Gasteiger partial charge >= 0.3 is 0 Å². The van der Waals surface area contributed by atoms with E-state index in [1.165, 1.54) is 25.7 Å². The third-order valence-electron chi connectivity index (χ3n) is 4.45. The van der Waals surface area contributed by atoms with Crippen LogP contribution in [0.25, 0.3) is 0 Å². The summed E-state index contributed by atoms with van der Waals surface area (Å²) in [5.74, 6) is 1.11. The third-order valence-corrected chi connectivity index (χ3v) is 4.45. The number of likely N-dealkylation sites (tertiary alicyclic amines) is 1. The largest absolute Gasteiger partial charge is 0.342 e. The molecule has 2 heterocycles. The highest BCUT2D eigenvalue weighted by molar-refractivity contribution is 5.85. The SMILES string of the molecule is CC1CCN(C(=O)CN(C)C2CCNCC2)CC1.Cl. The number of carbonyl (C=O) groups is 1. The molecule has 5 heteroatoms. The van der Waals surface area contributed by atoms with Crippen molar-refractivity contribution in [3.63, 3.8) is 0 Å². The Morgan fingerprint density at radius 1 is 1.21 bits per heavy atom. The Bertz CT molecular complexity index is 274. The number of carbonyl (C=O) groups excluding carboxylic acids is 1. The first-order valence-corrected chi connectivity index (χ1v) is 7.35. The van der Waals surface area contributed by atoms with Gasteiger partial charge in [0.05, 0.1) is 6.54 Å². The fraction of sp³-hybridized carbons (Fsp3) is 0.929. The van der Waals surface area contributed by atoms with Crippen LogP contribution in [0.15, 0.2) is 0 Å². The van der Waals surface area contributed by atoms with Crippen LogP contribution < -0.4 is 5.32 Å². The lowest BCUT2D eigenvalue weighted by molar-refractivity contribution is -0.134. The van der Waals surface area contributed by atoms with E-state index in [4.69, 9.17) is 0 Å². The maximum absolute atomic E-state index is 12.2. The molecule has 0 aromatic rings. The van der Waals surface area contributed by atoms with Gasteiger partial charge in [-0.25, -0.2) is 0 Å². The lowest BCUT2D eigenvalue weighted by Gasteiger charge is -2.35. The van der Waals surface area contributed by atoms with Crippen molar-refractivity contribution in [3.05, 3.63) is 0 Å². The topological polar surface area (TPSA) is 35.6 Å². The summed E-state index contributed by atoms with van der Waals surface area (Å²) in [5.41, 5.74) is 0. The monoisotopic (exact) mass is 289 g/mol. The lowest BCUT2D eigenvalue weighted by atomic mass is 9.99. The van der Waals surface area contributed by atoms with Crippen molar-refractivity contribution >= 4 is 18.3 Å². The van der Waals surface area contributed by atoms with Crippen LogP contribution in [0.2, 0.25) is 0 Å². The van der Waals surface area contributed by atoms with Gasteiger partial charge < -0.3 is 10.2 Å². The van der Waals surface area contributed by atoms with Crippen LogP contribution >= 0.6 is 12.4 Å². The zero-order valence-corrected chi connectivity index (χ0v) is 13.0. The lowest BCUT2D eigenvalue weighted by Crippen LogP contribution is -2.47. The van der Waals surface area contributed by atoms with E-state index in [1.807, 2.05) is 0 Å². The second-order valence-electron chi connectivity index (χ2n) is 5.96. The molecule has 0 spiro atoms. The van der Waals surface area contributed by atoms with Crippen molar-refractivity contribution in [3.8, 4) is 0 Å². The van der Waals surface area contributed by atoms with E-state index < -0.39 is 0 Å². The standard InChI is InChI=1S/C14H27N3O.ClH/c1-12-5-9-17(10-6-12)14(18)11-16(2)13-3-7-15-8-4-13;/h12-13,15H,3-11H2,1-2H3;1H. The molecule has 0 aliphatic carbocycles. The highest BCUT2D eigenvalue weighted by Gasteiger charge is 2.24. The normalized spacial score (nSPS) is 22.4. The number of hydrogen-bond donors (Lipinski definition) is 1. The fourth-order valence-electron chi connectivity index (χ4n) is 2.95. The molecule has 0 unspecified atom stereocenters. The highest BCUT2D eigenvalue weighted by atomic mass is 35.5. The van der Waals surface area contributed by atoms with Gasteiger partial charge in [-0.05, 0) is 51.7 Å². The van der Waals surface area contributed by atoms with E-state index in [0.717, 1.165) is 32.1 Å². The van der Waals surface area contributed by atoms with Crippen LogP contribution in [-0.4, -0.2) is 61.5 Å². The minimum atomic E-state index is 0. The van der Waals surface area contributed by atoms with Gasteiger partial charge in [0.1, 0.15) is 0 Å². The third kappa shape index (κ3) is 4.93. The first-order valence-electron chi connectivity index (χ1n) is 7.35. The summed E-state index contributed by atoms with van der Waals surface area (Å²) in [6.07, 6.45) is 4.67. The van der Waals surface area contributed by atoms with Crippen molar-refractivity contribution in [1.82, 2.24) is 15.1 Å². The summed E-state index contributed by atoms with van der Waals surface area (Å²) >= 11 is 0. The van der Waals surface area contributed by atoms with Crippen LogP contribution in [0.3, 0.4) is 0 Å². The summed E-state index contributed by atoms with van der Waals surface area (Å²) in [5, 5.41) is 3.37. The molecule has 112 valence electrons. The van der Waals surface area contributed by atoms with E-state index in [2.05, 4.69) is 29.1 Å². The van der Waals surface area contributed by atoms with Crippen molar-refractivity contribution in [1.29, 1.82) is 0 Å². The number of halogens is 1. The zero-order chi connectivity index (χ0) is 13.0. The Morgan fingerprint density at radius 3 is 2.37 bits per heavy atom. The van der Waals surface area contributed by atoms with Gasteiger partial charge in [-0.3, -0.25) is 9.69 Å². The minimum absolute atomic E-state index is 0. The van der Waals surface area contributed by atoms with Gasteiger partial charge in [0.25, 0.3) is 0 Å². The molecule has 2 fully saturated rings. The summed E-state index contributed by atoms with van der Waals surface area (Å²) in [4.78, 5) is 16.5. The molecule has 4 nitrogen and oxygen atoms in total. The molecule has 0 atom stereocenters. The van der Waals surface area contributed by atoms with Crippen molar-refractivity contribution in [2.75, 3.05) is 39.8 Å². The summed E-state index contributed by atoms with van der Waals surface area (Å²) < 4.78 is 0. The number of piperidine rings is 2. The molecule has 2 saturated heterocycles. The Balaban J connectivity index is 0.00000180.